The fraction of sp³-hybridized carbons (Fsp3) is 0.308. The van der Waals surface area contributed by atoms with E-state index < -0.39 is 0 Å². The lowest BCUT2D eigenvalue weighted by molar-refractivity contribution is -0.113. The minimum Gasteiger partial charge on any atom is -0.416 e. The van der Waals surface area contributed by atoms with Crippen molar-refractivity contribution in [3.63, 3.8) is 0 Å². The zero-order valence-corrected chi connectivity index (χ0v) is 13.6. The van der Waals surface area contributed by atoms with Crippen molar-refractivity contribution in [3.8, 4) is 0 Å². The van der Waals surface area contributed by atoms with Crippen molar-refractivity contribution >= 4 is 46.6 Å². The number of aryl methyl sites for hydroxylation is 1. The molecule has 0 aliphatic rings. The van der Waals surface area contributed by atoms with Crippen LogP contribution in [0.5, 0.6) is 0 Å². The van der Waals surface area contributed by atoms with Gasteiger partial charge in [-0.2, -0.15) is 0 Å². The molecular weight excluding hydrogens is 333 g/mol. The van der Waals surface area contributed by atoms with Crippen molar-refractivity contribution in [1.29, 1.82) is 0 Å². The van der Waals surface area contributed by atoms with E-state index in [1.54, 1.807) is 18.2 Å². The first kappa shape index (κ1) is 16.1. The van der Waals surface area contributed by atoms with E-state index in [1.807, 2.05) is 6.92 Å². The van der Waals surface area contributed by atoms with Gasteiger partial charge in [0.25, 0.3) is 5.22 Å². The van der Waals surface area contributed by atoms with Crippen LogP contribution in [-0.4, -0.2) is 21.9 Å². The van der Waals surface area contributed by atoms with Crippen LogP contribution >= 0.6 is 35.0 Å². The highest BCUT2D eigenvalue weighted by molar-refractivity contribution is 7.99. The molecule has 8 heteroatoms. The first-order chi connectivity index (χ1) is 10.1. The Hall–Kier alpha value is -1.24. The molecule has 2 aromatic rings. The zero-order chi connectivity index (χ0) is 15.2. The summed E-state index contributed by atoms with van der Waals surface area (Å²) in [7, 11) is 0. The molecule has 0 fully saturated rings. The number of hydrogen-bond donors (Lipinski definition) is 1. The number of hydrogen-bond acceptors (Lipinski definition) is 5. The minimum absolute atomic E-state index is 0.175. The number of thioether (sulfide) groups is 1. The molecule has 2 rings (SSSR count). The van der Waals surface area contributed by atoms with Crippen molar-refractivity contribution in [2.75, 3.05) is 11.1 Å². The van der Waals surface area contributed by atoms with Gasteiger partial charge in [-0.15, -0.1) is 10.2 Å². The number of carbonyl (C=O) groups excluding carboxylic acids is 1. The molecule has 0 bridgehead atoms. The summed E-state index contributed by atoms with van der Waals surface area (Å²) in [6.45, 7) is 2.03. The molecule has 0 spiro atoms. The van der Waals surface area contributed by atoms with Crippen LogP contribution in [0, 0.1) is 0 Å². The van der Waals surface area contributed by atoms with Gasteiger partial charge < -0.3 is 9.73 Å². The number of benzene rings is 1. The summed E-state index contributed by atoms with van der Waals surface area (Å²) >= 11 is 12.9. The van der Waals surface area contributed by atoms with Crippen molar-refractivity contribution in [1.82, 2.24) is 10.2 Å². The van der Waals surface area contributed by atoms with E-state index in [2.05, 4.69) is 15.5 Å². The van der Waals surface area contributed by atoms with E-state index in [1.165, 1.54) is 11.8 Å². The van der Waals surface area contributed by atoms with Crippen LogP contribution in [0.2, 0.25) is 10.0 Å². The molecule has 0 radical (unpaired) electrons. The van der Waals surface area contributed by atoms with Gasteiger partial charge in [-0.05, 0) is 24.6 Å². The molecule has 0 unspecified atom stereocenters. The summed E-state index contributed by atoms with van der Waals surface area (Å²) in [4.78, 5) is 11.8. The van der Waals surface area contributed by atoms with Crippen molar-refractivity contribution in [2.45, 2.75) is 25.0 Å². The largest absolute Gasteiger partial charge is 0.416 e. The lowest BCUT2D eigenvalue weighted by Crippen LogP contribution is -2.13. The molecule has 1 N–H and O–H groups in total. The second-order valence-corrected chi connectivity index (χ2v) is 5.92. The quantitative estimate of drug-likeness (QED) is 0.799. The first-order valence-corrected chi connectivity index (χ1v) is 8.02. The molecule has 1 aromatic carbocycles. The molecule has 112 valence electrons. The Morgan fingerprint density at radius 1 is 1.33 bits per heavy atom. The van der Waals surface area contributed by atoms with Gasteiger partial charge in [-0.1, -0.05) is 41.9 Å². The van der Waals surface area contributed by atoms with E-state index in [-0.39, 0.29) is 11.7 Å². The highest BCUT2D eigenvalue weighted by atomic mass is 35.5. The lowest BCUT2D eigenvalue weighted by Gasteiger charge is -2.05. The van der Waals surface area contributed by atoms with Crippen molar-refractivity contribution < 1.29 is 9.21 Å². The smallest absolute Gasteiger partial charge is 0.277 e. The van der Waals surface area contributed by atoms with Crippen molar-refractivity contribution in [3.05, 3.63) is 34.1 Å². The van der Waals surface area contributed by atoms with Gasteiger partial charge in [0.05, 0.1) is 15.8 Å². The Kier molecular flexibility index (Phi) is 5.90. The Balaban J connectivity index is 1.85. The van der Waals surface area contributed by atoms with Gasteiger partial charge in [0, 0.05) is 12.1 Å². The predicted molar refractivity (Wildman–Crippen MR) is 84.1 cm³/mol. The summed E-state index contributed by atoms with van der Waals surface area (Å²) in [6.07, 6.45) is 1.67. The van der Waals surface area contributed by atoms with Crippen LogP contribution < -0.4 is 5.32 Å². The summed E-state index contributed by atoms with van der Waals surface area (Å²) in [5, 5.41) is 11.7. The van der Waals surface area contributed by atoms with Crippen LogP contribution in [0.25, 0.3) is 0 Å². The van der Waals surface area contributed by atoms with Gasteiger partial charge in [0.1, 0.15) is 0 Å². The SMILES string of the molecule is CCCc1nnc(SCC(=O)Nc2ccc(Cl)c(Cl)c2)o1. The molecule has 1 aromatic heterocycles. The third-order valence-corrected chi connectivity index (χ3v) is 4.00. The second kappa shape index (κ2) is 7.68. The standard InChI is InChI=1S/C13H13Cl2N3O2S/c1-2-3-12-17-18-13(20-12)21-7-11(19)16-8-4-5-9(14)10(15)6-8/h4-6H,2-3,7H2,1H3,(H,16,19). The average molecular weight is 346 g/mol. The van der Waals surface area contributed by atoms with Gasteiger partial charge in [0.15, 0.2) is 0 Å². The van der Waals surface area contributed by atoms with Crippen LogP contribution in [0.4, 0.5) is 5.69 Å². The molecule has 1 amide bonds. The van der Waals surface area contributed by atoms with E-state index in [4.69, 9.17) is 27.6 Å². The molecule has 0 saturated heterocycles. The molecular formula is C13H13Cl2N3O2S. The summed E-state index contributed by atoms with van der Waals surface area (Å²) in [5.41, 5.74) is 0.590. The highest BCUT2D eigenvalue weighted by Gasteiger charge is 2.10. The van der Waals surface area contributed by atoms with E-state index in [9.17, 15) is 4.79 Å². The number of aromatic nitrogens is 2. The zero-order valence-electron chi connectivity index (χ0n) is 11.2. The fourth-order valence-corrected chi connectivity index (χ4v) is 2.39. The third kappa shape index (κ3) is 4.91. The topological polar surface area (TPSA) is 68.0 Å². The van der Waals surface area contributed by atoms with E-state index >= 15 is 0 Å². The van der Waals surface area contributed by atoms with Crippen molar-refractivity contribution in [2.24, 2.45) is 0 Å². The number of halogens is 2. The Morgan fingerprint density at radius 2 is 2.14 bits per heavy atom. The summed E-state index contributed by atoms with van der Waals surface area (Å²) in [6, 6.07) is 4.91. The number of amides is 1. The highest BCUT2D eigenvalue weighted by Crippen LogP contribution is 2.25. The summed E-state index contributed by atoms with van der Waals surface area (Å²) in [5.74, 6) is 0.576. The van der Waals surface area contributed by atoms with E-state index in [0.717, 1.165) is 12.8 Å². The number of carbonyl (C=O) groups is 1. The molecule has 0 saturated carbocycles. The average Bonchev–Trinajstić information content (AvgIpc) is 2.89. The Bertz CT molecular complexity index is 634. The molecule has 0 aliphatic carbocycles. The molecule has 5 nitrogen and oxygen atoms in total. The van der Waals surface area contributed by atoms with Crippen LogP contribution in [0.1, 0.15) is 19.2 Å². The normalized spacial score (nSPS) is 10.6. The minimum atomic E-state index is -0.186. The first-order valence-electron chi connectivity index (χ1n) is 6.28. The maximum Gasteiger partial charge on any atom is 0.277 e. The maximum atomic E-state index is 11.8. The maximum absolute atomic E-state index is 11.8. The van der Waals surface area contributed by atoms with E-state index in [0.29, 0.717) is 26.8 Å². The number of nitrogens with one attached hydrogen (secondary N) is 1. The molecule has 0 aliphatic heterocycles. The number of anilines is 1. The van der Waals surface area contributed by atoms with Crippen LogP contribution in [0.3, 0.4) is 0 Å². The van der Waals surface area contributed by atoms with Crippen LogP contribution in [0.15, 0.2) is 27.8 Å². The third-order valence-electron chi connectivity index (χ3n) is 2.44. The number of nitrogens with zero attached hydrogens (tertiary/aromatic N) is 2. The van der Waals surface area contributed by atoms with Gasteiger partial charge in [0.2, 0.25) is 11.8 Å². The lowest BCUT2D eigenvalue weighted by atomic mass is 10.3. The Morgan fingerprint density at radius 3 is 2.86 bits per heavy atom. The molecule has 0 atom stereocenters. The monoisotopic (exact) mass is 345 g/mol. The Labute approximate surface area is 136 Å². The molecule has 21 heavy (non-hydrogen) atoms. The molecule has 1 heterocycles. The second-order valence-electron chi connectivity index (χ2n) is 4.18. The van der Waals surface area contributed by atoms with Crippen LogP contribution in [-0.2, 0) is 11.2 Å². The van der Waals surface area contributed by atoms with Gasteiger partial charge >= 0.3 is 0 Å². The van der Waals surface area contributed by atoms with Gasteiger partial charge in [-0.25, -0.2) is 0 Å². The summed E-state index contributed by atoms with van der Waals surface area (Å²) < 4.78 is 5.38. The number of rotatable bonds is 6. The predicted octanol–water partition coefficient (Wildman–Crippen LogP) is 4.06. The van der Waals surface area contributed by atoms with Gasteiger partial charge in [-0.3, -0.25) is 4.79 Å². The fourth-order valence-electron chi connectivity index (χ4n) is 1.51.